The van der Waals surface area contributed by atoms with Gasteiger partial charge in [-0.3, -0.25) is 4.98 Å². The fraction of sp³-hybridized carbons (Fsp3) is 0.214. The summed E-state index contributed by atoms with van der Waals surface area (Å²) < 4.78 is 27.0. The second-order valence-corrected chi connectivity index (χ2v) is 5.02. The van der Waals surface area contributed by atoms with E-state index in [4.69, 9.17) is 23.2 Å². The molecule has 1 unspecified atom stereocenters. The third-order valence-electron chi connectivity index (χ3n) is 2.79. The lowest BCUT2D eigenvalue weighted by Gasteiger charge is -2.19. The van der Waals surface area contributed by atoms with E-state index in [1.54, 1.807) is 0 Å². The first kappa shape index (κ1) is 15.2. The Morgan fingerprint density at radius 2 is 2.00 bits per heavy atom. The number of nitrogens with zero attached hydrogens (tertiary/aromatic N) is 1. The molecule has 1 aromatic heterocycles. The highest BCUT2D eigenvalue weighted by Crippen LogP contribution is 2.30. The lowest BCUT2D eigenvalue weighted by molar-refractivity contribution is 0.536. The predicted octanol–water partition coefficient (Wildman–Crippen LogP) is 4.37. The molecule has 0 bridgehead atoms. The Morgan fingerprint density at radius 3 is 2.60 bits per heavy atom. The van der Waals surface area contributed by atoms with Crippen LogP contribution >= 0.6 is 23.2 Å². The molecule has 1 aromatic carbocycles. The Bertz CT molecular complexity index is 569. The molecule has 0 spiro atoms. The molecule has 2 aromatic rings. The quantitative estimate of drug-likeness (QED) is 0.906. The summed E-state index contributed by atoms with van der Waals surface area (Å²) in [7, 11) is 0. The van der Waals surface area contributed by atoms with Crippen LogP contribution in [0.1, 0.15) is 24.2 Å². The number of aromatic nitrogens is 1. The number of rotatable bonds is 4. The monoisotopic (exact) mass is 316 g/mol. The molecular weight excluding hydrogens is 305 g/mol. The summed E-state index contributed by atoms with van der Waals surface area (Å²) in [6.45, 7) is 2.44. The molecule has 0 fully saturated rings. The standard InChI is InChI=1S/C14H12Cl2F2N2/c1-2-19-13(10-4-3-9(17)6-12(10)18)14-11(16)5-8(15)7-20-14/h3-7,13,19H,2H2,1H3. The number of hydrogen-bond donors (Lipinski definition) is 1. The Kier molecular flexibility index (Phi) is 4.91. The molecule has 0 saturated heterocycles. The van der Waals surface area contributed by atoms with E-state index in [0.717, 1.165) is 6.07 Å². The van der Waals surface area contributed by atoms with Crippen molar-refractivity contribution >= 4 is 23.2 Å². The van der Waals surface area contributed by atoms with Gasteiger partial charge in [-0.1, -0.05) is 36.2 Å². The van der Waals surface area contributed by atoms with Crippen LogP contribution in [-0.2, 0) is 0 Å². The summed E-state index contributed by atoms with van der Waals surface area (Å²) in [6, 6.07) is 4.39. The van der Waals surface area contributed by atoms with E-state index >= 15 is 0 Å². The Hall–Kier alpha value is -1.23. The van der Waals surface area contributed by atoms with Crippen LogP contribution in [-0.4, -0.2) is 11.5 Å². The topological polar surface area (TPSA) is 24.9 Å². The van der Waals surface area contributed by atoms with E-state index < -0.39 is 17.7 Å². The van der Waals surface area contributed by atoms with Gasteiger partial charge in [-0.15, -0.1) is 0 Å². The minimum absolute atomic E-state index is 0.282. The maximum atomic E-state index is 13.9. The van der Waals surface area contributed by atoms with E-state index in [9.17, 15) is 8.78 Å². The Balaban J connectivity index is 2.50. The van der Waals surface area contributed by atoms with Crippen molar-refractivity contribution in [1.82, 2.24) is 10.3 Å². The van der Waals surface area contributed by atoms with E-state index in [1.807, 2.05) is 6.92 Å². The average molecular weight is 317 g/mol. The number of pyridine rings is 1. The van der Waals surface area contributed by atoms with Gasteiger partial charge in [-0.25, -0.2) is 8.78 Å². The first-order valence-corrected chi connectivity index (χ1v) is 6.77. The number of benzene rings is 1. The third kappa shape index (κ3) is 3.26. The first-order valence-electron chi connectivity index (χ1n) is 6.02. The second kappa shape index (κ2) is 6.48. The van der Waals surface area contributed by atoms with Crippen LogP contribution in [0.15, 0.2) is 30.5 Å². The maximum Gasteiger partial charge on any atom is 0.131 e. The summed E-state index contributed by atoms with van der Waals surface area (Å²) in [5.41, 5.74) is 0.730. The molecule has 1 heterocycles. The molecule has 0 aliphatic carbocycles. The Labute approximate surface area is 125 Å². The van der Waals surface area contributed by atoms with Crippen LogP contribution in [0.5, 0.6) is 0 Å². The smallest absolute Gasteiger partial charge is 0.131 e. The van der Waals surface area contributed by atoms with Gasteiger partial charge >= 0.3 is 0 Å². The summed E-state index contributed by atoms with van der Waals surface area (Å²) >= 11 is 11.9. The van der Waals surface area contributed by atoms with Gasteiger partial charge in [-0.05, 0) is 18.7 Å². The zero-order chi connectivity index (χ0) is 14.7. The maximum absolute atomic E-state index is 13.9. The zero-order valence-corrected chi connectivity index (χ0v) is 12.1. The van der Waals surface area contributed by atoms with Crippen molar-refractivity contribution in [3.63, 3.8) is 0 Å². The van der Waals surface area contributed by atoms with Gasteiger partial charge in [0.15, 0.2) is 0 Å². The van der Waals surface area contributed by atoms with Crippen molar-refractivity contribution in [3.05, 3.63) is 63.4 Å². The summed E-state index contributed by atoms with van der Waals surface area (Å²) in [6.07, 6.45) is 1.44. The minimum Gasteiger partial charge on any atom is -0.305 e. The van der Waals surface area contributed by atoms with Gasteiger partial charge in [-0.2, -0.15) is 0 Å². The lowest BCUT2D eigenvalue weighted by Crippen LogP contribution is -2.24. The van der Waals surface area contributed by atoms with Gasteiger partial charge in [0.25, 0.3) is 0 Å². The third-order valence-corrected chi connectivity index (χ3v) is 3.30. The van der Waals surface area contributed by atoms with Crippen LogP contribution in [0.4, 0.5) is 8.78 Å². The van der Waals surface area contributed by atoms with Crippen molar-refractivity contribution in [2.45, 2.75) is 13.0 Å². The molecule has 1 N–H and O–H groups in total. The predicted molar refractivity (Wildman–Crippen MR) is 76.1 cm³/mol. The highest BCUT2D eigenvalue weighted by molar-refractivity contribution is 6.34. The van der Waals surface area contributed by atoms with Crippen LogP contribution in [0.3, 0.4) is 0 Å². The second-order valence-electron chi connectivity index (χ2n) is 4.18. The number of hydrogen-bond acceptors (Lipinski definition) is 2. The van der Waals surface area contributed by atoms with Gasteiger partial charge in [0.2, 0.25) is 0 Å². The number of nitrogens with one attached hydrogen (secondary N) is 1. The molecule has 20 heavy (non-hydrogen) atoms. The van der Waals surface area contributed by atoms with Crippen molar-refractivity contribution in [2.75, 3.05) is 6.54 Å². The van der Waals surface area contributed by atoms with E-state index in [0.29, 0.717) is 22.3 Å². The van der Waals surface area contributed by atoms with E-state index in [-0.39, 0.29) is 5.56 Å². The van der Waals surface area contributed by atoms with Gasteiger partial charge < -0.3 is 5.32 Å². The van der Waals surface area contributed by atoms with Crippen LogP contribution < -0.4 is 5.32 Å². The molecule has 1 atom stereocenters. The minimum atomic E-state index is -0.649. The first-order chi connectivity index (χ1) is 9.52. The van der Waals surface area contributed by atoms with Crippen molar-refractivity contribution in [2.24, 2.45) is 0 Å². The molecule has 2 nitrogen and oxygen atoms in total. The molecule has 0 saturated carbocycles. The molecule has 0 amide bonds. The van der Waals surface area contributed by atoms with Crippen LogP contribution in [0.2, 0.25) is 10.0 Å². The van der Waals surface area contributed by atoms with Gasteiger partial charge in [0.05, 0.1) is 21.8 Å². The SMILES string of the molecule is CCNC(c1ccc(F)cc1F)c1ncc(Cl)cc1Cl. The van der Waals surface area contributed by atoms with Crippen molar-refractivity contribution < 1.29 is 8.78 Å². The van der Waals surface area contributed by atoms with Gasteiger partial charge in [0.1, 0.15) is 11.6 Å². The van der Waals surface area contributed by atoms with Crippen LogP contribution in [0.25, 0.3) is 0 Å². The highest BCUT2D eigenvalue weighted by Gasteiger charge is 2.21. The van der Waals surface area contributed by atoms with Crippen LogP contribution in [0, 0.1) is 11.6 Å². The summed E-state index contributed by atoms with van der Waals surface area (Å²) in [4.78, 5) is 4.15. The number of halogens is 4. The molecular formula is C14H12Cl2F2N2. The average Bonchev–Trinajstić information content (AvgIpc) is 2.37. The van der Waals surface area contributed by atoms with E-state index in [2.05, 4.69) is 10.3 Å². The Morgan fingerprint density at radius 1 is 1.25 bits per heavy atom. The van der Waals surface area contributed by atoms with Gasteiger partial charge in [0, 0.05) is 17.8 Å². The fourth-order valence-corrected chi connectivity index (χ4v) is 2.42. The zero-order valence-electron chi connectivity index (χ0n) is 10.6. The summed E-state index contributed by atoms with van der Waals surface area (Å²) in [5.74, 6) is -1.28. The molecule has 106 valence electrons. The largest absolute Gasteiger partial charge is 0.305 e. The fourth-order valence-electron chi connectivity index (χ4n) is 1.93. The lowest BCUT2D eigenvalue weighted by atomic mass is 10.0. The molecule has 2 rings (SSSR count). The molecule has 0 aliphatic rings. The molecule has 0 radical (unpaired) electrons. The van der Waals surface area contributed by atoms with E-state index in [1.165, 1.54) is 24.4 Å². The normalized spacial score (nSPS) is 12.4. The summed E-state index contributed by atoms with van der Waals surface area (Å²) in [5, 5.41) is 3.81. The molecule has 6 heteroatoms. The van der Waals surface area contributed by atoms with Crippen molar-refractivity contribution in [1.29, 1.82) is 0 Å². The molecule has 0 aliphatic heterocycles. The highest BCUT2D eigenvalue weighted by atomic mass is 35.5. The van der Waals surface area contributed by atoms with Crippen molar-refractivity contribution in [3.8, 4) is 0 Å².